The van der Waals surface area contributed by atoms with Crippen LogP contribution in [0.1, 0.15) is 303 Å². The minimum absolute atomic E-state index is 0.146. The van der Waals surface area contributed by atoms with Crippen LogP contribution in [-0.2, 0) is 19.1 Å². The lowest BCUT2D eigenvalue weighted by molar-refractivity contribution is -0.122. The average molecular weight is 1090 g/mol. The first-order valence-electron chi connectivity index (χ1n) is 34.2. The number of piperidine rings is 1. The Morgan fingerprint density at radius 2 is 0.662 bits per heavy atom. The molecular weight excluding hydrogens is 955 g/mol. The van der Waals surface area contributed by atoms with E-state index in [1.165, 1.54) is 257 Å². The van der Waals surface area contributed by atoms with Crippen molar-refractivity contribution in [2.75, 3.05) is 105 Å². The van der Waals surface area contributed by atoms with Crippen molar-refractivity contribution in [3.05, 3.63) is 0 Å². The summed E-state index contributed by atoms with van der Waals surface area (Å²) >= 11 is 0. The third-order valence-electron chi connectivity index (χ3n) is 16.2. The summed E-state index contributed by atoms with van der Waals surface area (Å²) in [5, 5.41) is 12.8. The van der Waals surface area contributed by atoms with Gasteiger partial charge >= 0.3 is 0 Å². The molecule has 2 fully saturated rings. The largest absolute Gasteiger partial charge is 0.379 e. The predicted molar refractivity (Wildman–Crippen MR) is 332 cm³/mol. The first-order valence-corrected chi connectivity index (χ1v) is 34.2. The third-order valence-corrected chi connectivity index (χ3v) is 16.2. The van der Waals surface area contributed by atoms with Gasteiger partial charge in [-0.15, -0.1) is 0 Å². The number of carbonyl (C=O) groups is 3. The minimum Gasteiger partial charge on any atom is -0.379 e. The average Bonchev–Trinajstić information content (AvgIpc) is 3.44. The maximum Gasteiger partial charge on any atom is 0.221 e. The number of ether oxygens (including phenoxy) is 1. The highest BCUT2D eigenvalue weighted by atomic mass is 16.5. The highest BCUT2D eigenvalue weighted by Crippen LogP contribution is 2.15. The van der Waals surface area contributed by atoms with E-state index in [1.807, 2.05) is 0 Å². The van der Waals surface area contributed by atoms with Crippen molar-refractivity contribution in [2.24, 2.45) is 0 Å². The first-order chi connectivity index (χ1) is 38.0. The number of nitrogens with zero attached hydrogens (tertiary/aromatic N) is 3. The Morgan fingerprint density at radius 3 is 1.04 bits per heavy atom. The van der Waals surface area contributed by atoms with E-state index in [9.17, 15) is 14.4 Å². The zero-order valence-corrected chi connectivity index (χ0v) is 51.9. The number of rotatable bonds is 56. The molecule has 0 bridgehead atoms. The van der Waals surface area contributed by atoms with E-state index in [0.717, 1.165) is 111 Å². The Hall–Kier alpha value is -1.79. The van der Waals surface area contributed by atoms with Gasteiger partial charge in [0, 0.05) is 71.6 Å². The summed E-state index contributed by atoms with van der Waals surface area (Å²) < 4.78 is 5.49. The van der Waals surface area contributed by atoms with Crippen LogP contribution in [0.5, 0.6) is 0 Å². The minimum atomic E-state index is 0.146. The van der Waals surface area contributed by atoms with E-state index in [-0.39, 0.29) is 17.7 Å². The predicted octanol–water partition coefficient (Wildman–Crippen LogP) is 15.1. The van der Waals surface area contributed by atoms with Gasteiger partial charge in [0.2, 0.25) is 17.7 Å². The Morgan fingerprint density at radius 1 is 0.338 bits per heavy atom. The zero-order valence-electron chi connectivity index (χ0n) is 51.9. The first kappa shape index (κ1) is 73.2. The summed E-state index contributed by atoms with van der Waals surface area (Å²) in [6, 6.07) is 0. The molecule has 456 valence electrons. The van der Waals surface area contributed by atoms with Crippen LogP contribution in [0.2, 0.25) is 0 Å². The van der Waals surface area contributed by atoms with Crippen LogP contribution in [0.3, 0.4) is 0 Å². The molecule has 11 nitrogen and oxygen atoms in total. The Balaban J connectivity index is 0.000000870. The van der Waals surface area contributed by atoms with Gasteiger partial charge in [-0.1, -0.05) is 239 Å². The Kier molecular flexibility index (Phi) is 57.4. The van der Waals surface area contributed by atoms with E-state index < -0.39 is 0 Å². The molecule has 0 aromatic rings. The number of carbonyl (C=O) groups excluding carboxylic acids is 3. The number of nitrogens with one attached hydrogen (secondary N) is 4. The van der Waals surface area contributed by atoms with Crippen molar-refractivity contribution >= 4 is 17.7 Å². The fourth-order valence-electron chi connectivity index (χ4n) is 11.0. The molecule has 0 aromatic carbocycles. The smallest absolute Gasteiger partial charge is 0.221 e. The van der Waals surface area contributed by atoms with Crippen molar-refractivity contribution in [2.45, 2.75) is 303 Å². The fraction of sp³-hybridized carbons (Fsp3) is 0.955. The Bertz CT molecular complexity index is 1190. The number of morpholine rings is 1. The van der Waals surface area contributed by atoms with Gasteiger partial charge in [-0.05, 0) is 84.2 Å². The van der Waals surface area contributed by atoms with Gasteiger partial charge in [0.05, 0.1) is 13.2 Å². The fourth-order valence-corrected chi connectivity index (χ4v) is 11.0. The van der Waals surface area contributed by atoms with Gasteiger partial charge in [0.1, 0.15) is 0 Å². The molecule has 0 aromatic heterocycles. The van der Waals surface area contributed by atoms with Gasteiger partial charge in [-0.2, -0.15) is 0 Å². The second kappa shape index (κ2) is 60.3. The lowest BCUT2D eigenvalue weighted by Gasteiger charge is -2.28. The molecule has 2 heterocycles. The molecule has 0 atom stereocenters. The number of unbranched alkanes of at least 4 members (excludes halogenated alkanes) is 33. The van der Waals surface area contributed by atoms with Gasteiger partial charge in [0.15, 0.2) is 0 Å². The standard InChI is InChI=1S/C41H82N4O3.C25H51N3O/c1-3-5-7-9-11-13-15-17-19-21-23-25-30-42-40(46)28-34-44(32-27-33-45-36-38-48-39-37-45)35-29-41(47)43-31-26-24-22-20-18-16-14-12-10-8-6-4-2;1-2-3-4-5-6-7-8-9-10-11-12-14-20-27-25(29)18-21-26-19-17-24-28-22-15-13-16-23-28/h3-39H2,1-2H3,(H,42,46)(H,43,47);26H,2-24H2,1H3,(H,27,29). The summed E-state index contributed by atoms with van der Waals surface area (Å²) in [7, 11) is 0. The van der Waals surface area contributed by atoms with E-state index in [2.05, 4.69) is 56.7 Å². The maximum absolute atomic E-state index is 12.6. The van der Waals surface area contributed by atoms with Gasteiger partial charge < -0.3 is 35.8 Å². The Labute approximate surface area is 479 Å². The van der Waals surface area contributed by atoms with Crippen molar-refractivity contribution in [3.8, 4) is 0 Å². The molecule has 2 rings (SSSR count). The molecule has 0 unspecified atom stereocenters. The molecule has 0 radical (unpaired) electrons. The maximum atomic E-state index is 12.6. The molecule has 0 aliphatic carbocycles. The molecule has 4 N–H and O–H groups in total. The van der Waals surface area contributed by atoms with Crippen molar-refractivity contribution in [1.82, 2.24) is 36.0 Å². The molecule has 0 spiro atoms. The third kappa shape index (κ3) is 54.6. The highest BCUT2D eigenvalue weighted by Gasteiger charge is 2.14. The second-order valence-corrected chi connectivity index (χ2v) is 23.6. The van der Waals surface area contributed by atoms with Gasteiger partial charge in [-0.3, -0.25) is 19.3 Å². The SMILES string of the molecule is CCCCCCCCCCCCCCNC(=O)CCN(CCCN1CCOCC1)CCC(=O)NCCCCCCCCCCCCCC.CCCCCCCCCCCCCCNC(=O)CCNCCCN1CCCCC1. The molecule has 2 saturated heterocycles. The van der Waals surface area contributed by atoms with Crippen molar-refractivity contribution in [1.29, 1.82) is 0 Å². The van der Waals surface area contributed by atoms with Crippen LogP contribution >= 0.6 is 0 Å². The van der Waals surface area contributed by atoms with Crippen LogP contribution < -0.4 is 21.3 Å². The van der Waals surface area contributed by atoms with Crippen molar-refractivity contribution < 1.29 is 19.1 Å². The summed E-state index contributed by atoms with van der Waals surface area (Å²) in [6.07, 6.45) is 56.3. The molecule has 0 saturated carbocycles. The summed E-state index contributed by atoms with van der Waals surface area (Å²) in [5.74, 6) is 0.497. The van der Waals surface area contributed by atoms with Crippen LogP contribution in [0.15, 0.2) is 0 Å². The van der Waals surface area contributed by atoms with Crippen LogP contribution in [0.4, 0.5) is 0 Å². The van der Waals surface area contributed by atoms with Crippen LogP contribution in [0, 0.1) is 0 Å². The molecule has 2 aliphatic heterocycles. The number of hydrogen-bond acceptors (Lipinski definition) is 8. The van der Waals surface area contributed by atoms with E-state index >= 15 is 0 Å². The zero-order chi connectivity index (χ0) is 55.4. The van der Waals surface area contributed by atoms with Gasteiger partial charge in [0.25, 0.3) is 0 Å². The molecule has 77 heavy (non-hydrogen) atoms. The van der Waals surface area contributed by atoms with Crippen molar-refractivity contribution in [3.63, 3.8) is 0 Å². The number of hydrogen-bond donors (Lipinski definition) is 4. The number of amides is 3. The van der Waals surface area contributed by atoms with Gasteiger partial charge in [-0.25, -0.2) is 0 Å². The quantitative estimate of drug-likeness (QED) is 0.0445. The number of likely N-dealkylation sites (tertiary alicyclic amines) is 1. The topological polar surface area (TPSA) is 118 Å². The lowest BCUT2D eigenvalue weighted by atomic mass is 10.1. The summed E-state index contributed by atoms with van der Waals surface area (Å²) in [6.45, 7) is 21.9. The van der Waals surface area contributed by atoms with Crippen LogP contribution in [-0.4, -0.2) is 137 Å². The molecular formula is C66H133N7O4. The summed E-state index contributed by atoms with van der Waals surface area (Å²) in [5.41, 5.74) is 0. The molecule has 2 aliphatic rings. The van der Waals surface area contributed by atoms with Crippen LogP contribution in [0.25, 0.3) is 0 Å². The molecule has 3 amide bonds. The van der Waals surface area contributed by atoms with E-state index in [4.69, 9.17) is 4.74 Å². The van der Waals surface area contributed by atoms with E-state index in [0.29, 0.717) is 19.3 Å². The lowest BCUT2D eigenvalue weighted by Crippen LogP contribution is -2.39. The normalized spacial score (nSPS) is 14.2. The van der Waals surface area contributed by atoms with E-state index in [1.54, 1.807) is 0 Å². The summed E-state index contributed by atoms with van der Waals surface area (Å²) in [4.78, 5) is 44.5. The molecule has 11 heteroatoms. The second-order valence-electron chi connectivity index (χ2n) is 23.6. The highest BCUT2D eigenvalue weighted by molar-refractivity contribution is 5.77. The monoisotopic (exact) mass is 1090 g/mol.